The van der Waals surface area contributed by atoms with E-state index in [2.05, 4.69) is 4.98 Å². The van der Waals surface area contributed by atoms with Gasteiger partial charge < -0.3 is 4.90 Å². The van der Waals surface area contributed by atoms with E-state index >= 15 is 0 Å². The van der Waals surface area contributed by atoms with Gasteiger partial charge in [-0.1, -0.05) is 54.2 Å². The van der Waals surface area contributed by atoms with E-state index in [0.717, 1.165) is 17.4 Å². The zero-order chi connectivity index (χ0) is 21.8. The number of hydrogen-bond acceptors (Lipinski definition) is 4. The van der Waals surface area contributed by atoms with Crippen LogP contribution in [-0.4, -0.2) is 27.8 Å². The van der Waals surface area contributed by atoms with E-state index < -0.39 is 5.82 Å². The number of carbonyl (C=O) groups is 1. The standard InChI is InChI=1S/C24H20FN3O2S/c1-2-27(17-10-4-3-5-11-17)22(29)16-31-24-26-20-14-8-6-12-18(20)23(30)28(24)21-15-9-7-13-19(21)25/h3-15H,2,16H2,1H3. The predicted molar refractivity (Wildman–Crippen MR) is 122 cm³/mol. The van der Waals surface area contributed by atoms with Gasteiger partial charge in [0.05, 0.1) is 22.3 Å². The van der Waals surface area contributed by atoms with Crippen LogP contribution in [0.25, 0.3) is 16.6 Å². The van der Waals surface area contributed by atoms with Gasteiger partial charge in [-0.25, -0.2) is 9.37 Å². The maximum absolute atomic E-state index is 14.6. The van der Waals surface area contributed by atoms with Crippen LogP contribution in [0.5, 0.6) is 0 Å². The molecule has 1 heterocycles. The lowest BCUT2D eigenvalue weighted by atomic mass is 10.2. The van der Waals surface area contributed by atoms with E-state index in [-0.39, 0.29) is 28.1 Å². The Bertz CT molecular complexity index is 1290. The summed E-state index contributed by atoms with van der Waals surface area (Å²) in [6, 6.07) is 22.4. The molecule has 0 saturated carbocycles. The monoisotopic (exact) mass is 433 g/mol. The summed E-state index contributed by atoms with van der Waals surface area (Å²) < 4.78 is 15.8. The topological polar surface area (TPSA) is 55.2 Å². The van der Waals surface area contributed by atoms with Gasteiger partial charge in [-0.15, -0.1) is 0 Å². The van der Waals surface area contributed by atoms with E-state index in [0.29, 0.717) is 17.4 Å². The Morgan fingerprint density at radius 2 is 1.68 bits per heavy atom. The van der Waals surface area contributed by atoms with Crippen LogP contribution in [0.2, 0.25) is 0 Å². The molecule has 0 bridgehead atoms. The summed E-state index contributed by atoms with van der Waals surface area (Å²) in [6.45, 7) is 2.41. The highest BCUT2D eigenvalue weighted by atomic mass is 32.2. The van der Waals surface area contributed by atoms with Crippen LogP contribution in [0.1, 0.15) is 6.92 Å². The largest absolute Gasteiger partial charge is 0.312 e. The lowest BCUT2D eigenvalue weighted by Crippen LogP contribution is -2.32. The first-order valence-electron chi connectivity index (χ1n) is 9.85. The highest BCUT2D eigenvalue weighted by Gasteiger charge is 2.19. The third-order valence-corrected chi connectivity index (χ3v) is 5.77. The minimum absolute atomic E-state index is 0.0575. The Morgan fingerprint density at radius 3 is 2.42 bits per heavy atom. The summed E-state index contributed by atoms with van der Waals surface area (Å²) >= 11 is 1.12. The molecule has 0 aliphatic heterocycles. The molecule has 4 rings (SSSR count). The minimum Gasteiger partial charge on any atom is -0.312 e. The SMILES string of the molecule is CCN(C(=O)CSc1nc2ccccc2c(=O)n1-c1ccccc1F)c1ccccc1. The van der Waals surface area contributed by atoms with Crippen molar-refractivity contribution in [3.05, 3.63) is 95.0 Å². The number of fused-ring (bicyclic) bond motifs is 1. The number of hydrogen-bond donors (Lipinski definition) is 0. The summed E-state index contributed by atoms with van der Waals surface area (Å²) in [6.07, 6.45) is 0. The summed E-state index contributed by atoms with van der Waals surface area (Å²) in [5, 5.41) is 0.659. The highest BCUT2D eigenvalue weighted by molar-refractivity contribution is 7.99. The molecule has 0 unspecified atom stereocenters. The molecule has 5 nitrogen and oxygen atoms in total. The Kier molecular flexibility index (Phi) is 6.13. The van der Waals surface area contributed by atoms with Crippen molar-refractivity contribution in [1.29, 1.82) is 0 Å². The molecule has 0 saturated heterocycles. The number of para-hydroxylation sites is 3. The first-order valence-corrected chi connectivity index (χ1v) is 10.8. The Balaban J connectivity index is 1.73. The molecule has 0 N–H and O–H groups in total. The quantitative estimate of drug-likeness (QED) is 0.328. The molecular formula is C24H20FN3O2S. The van der Waals surface area contributed by atoms with Gasteiger partial charge in [0, 0.05) is 12.2 Å². The van der Waals surface area contributed by atoms with Crippen molar-refractivity contribution in [3.63, 3.8) is 0 Å². The summed E-state index contributed by atoms with van der Waals surface area (Å²) in [7, 11) is 0. The lowest BCUT2D eigenvalue weighted by Gasteiger charge is -2.21. The van der Waals surface area contributed by atoms with Crippen LogP contribution in [0.15, 0.2) is 88.8 Å². The molecule has 0 atom stereocenters. The molecule has 0 spiro atoms. The number of anilines is 1. The Labute approximate surface area is 183 Å². The van der Waals surface area contributed by atoms with Gasteiger partial charge >= 0.3 is 0 Å². The van der Waals surface area contributed by atoms with E-state index in [1.807, 2.05) is 37.3 Å². The van der Waals surface area contributed by atoms with Crippen molar-refractivity contribution < 1.29 is 9.18 Å². The minimum atomic E-state index is -0.533. The normalized spacial score (nSPS) is 10.9. The van der Waals surface area contributed by atoms with Crippen LogP contribution < -0.4 is 10.5 Å². The Hall–Kier alpha value is -3.45. The molecule has 3 aromatic carbocycles. The van der Waals surface area contributed by atoms with Gasteiger partial charge in [0.15, 0.2) is 5.16 Å². The van der Waals surface area contributed by atoms with Gasteiger partial charge in [0.2, 0.25) is 5.91 Å². The highest BCUT2D eigenvalue weighted by Crippen LogP contribution is 2.24. The van der Waals surface area contributed by atoms with Gasteiger partial charge in [0.1, 0.15) is 5.82 Å². The molecule has 0 fully saturated rings. The number of amides is 1. The average molecular weight is 434 g/mol. The fourth-order valence-electron chi connectivity index (χ4n) is 3.37. The van der Waals surface area contributed by atoms with Crippen molar-refractivity contribution in [3.8, 4) is 5.69 Å². The molecule has 7 heteroatoms. The Morgan fingerprint density at radius 1 is 1.00 bits per heavy atom. The van der Waals surface area contributed by atoms with Crippen LogP contribution in [0.4, 0.5) is 10.1 Å². The molecular weight excluding hydrogens is 413 g/mol. The van der Waals surface area contributed by atoms with Crippen LogP contribution in [-0.2, 0) is 4.79 Å². The number of carbonyl (C=O) groups excluding carboxylic acids is 1. The van der Waals surface area contributed by atoms with Crippen molar-refractivity contribution in [1.82, 2.24) is 9.55 Å². The van der Waals surface area contributed by atoms with E-state index in [9.17, 15) is 14.0 Å². The zero-order valence-corrected chi connectivity index (χ0v) is 17.7. The van der Waals surface area contributed by atoms with Crippen LogP contribution in [0, 0.1) is 5.82 Å². The van der Waals surface area contributed by atoms with E-state index in [1.165, 1.54) is 16.7 Å². The van der Waals surface area contributed by atoms with Crippen molar-refractivity contribution in [2.75, 3.05) is 17.2 Å². The molecule has 0 aliphatic rings. The van der Waals surface area contributed by atoms with E-state index in [1.54, 1.807) is 41.3 Å². The smallest absolute Gasteiger partial charge is 0.266 e. The molecule has 31 heavy (non-hydrogen) atoms. The number of aromatic nitrogens is 2. The predicted octanol–water partition coefficient (Wildman–Crippen LogP) is 4.67. The molecule has 4 aromatic rings. The molecule has 0 aliphatic carbocycles. The maximum Gasteiger partial charge on any atom is 0.266 e. The second kappa shape index (κ2) is 9.14. The van der Waals surface area contributed by atoms with Gasteiger partial charge in [0.25, 0.3) is 5.56 Å². The zero-order valence-electron chi connectivity index (χ0n) is 16.9. The van der Waals surface area contributed by atoms with Crippen molar-refractivity contribution in [2.45, 2.75) is 12.1 Å². The third-order valence-electron chi connectivity index (χ3n) is 4.85. The number of benzene rings is 3. The first-order chi connectivity index (χ1) is 15.1. The second-order valence-corrected chi connectivity index (χ2v) is 7.71. The fraction of sp³-hybridized carbons (Fsp3) is 0.125. The average Bonchev–Trinajstić information content (AvgIpc) is 2.80. The van der Waals surface area contributed by atoms with Crippen LogP contribution >= 0.6 is 11.8 Å². The number of halogens is 1. The number of rotatable bonds is 6. The molecule has 0 radical (unpaired) electrons. The fourth-order valence-corrected chi connectivity index (χ4v) is 4.25. The number of thioether (sulfide) groups is 1. The third kappa shape index (κ3) is 4.22. The van der Waals surface area contributed by atoms with Crippen molar-refractivity contribution >= 4 is 34.3 Å². The lowest BCUT2D eigenvalue weighted by molar-refractivity contribution is -0.116. The van der Waals surface area contributed by atoms with Crippen LogP contribution in [0.3, 0.4) is 0 Å². The van der Waals surface area contributed by atoms with Gasteiger partial charge in [-0.3, -0.25) is 14.2 Å². The second-order valence-electron chi connectivity index (χ2n) is 6.77. The van der Waals surface area contributed by atoms with Gasteiger partial charge in [-0.05, 0) is 43.3 Å². The molecule has 156 valence electrons. The summed E-state index contributed by atoms with van der Waals surface area (Å²) in [5.41, 5.74) is 1.04. The summed E-state index contributed by atoms with van der Waals surface area (Å²) in [5.74, 6) is -0.599. The maximum atomic E-state index is 14.6. The number of nitrogens with zero attached hydrogens (tertiary/aromatic N) is 3. The van der Waals surface area contributed by atoms with Gasteiger partial charge in [-0.2, -0.15) is 0 Å². The molecule has 1 aromatic heterocycles. The van der Waals surface area contributed by atoms with E-state index in [4.69, 9.17) is 0 Å². The summed E-state index contributed by atoms with van der Waals surface area (Å²) in [4.78, 5) is 32.4. The first kappa shape index (κ1) is 20.8. The van der Waals surface area contributed by atoms with Crippen molar-refractivity contribution in [2.24, 2.45) is 0 Å². The molecule has 1 amide bonds.